The highest BCUT2D eigenvalue weighted by molar-refractivity contribution is 6.32. The van der Waals surface area contributed by atoms with Gasteiger partial charge in [0.2, 0.25) is 5.91 Å². The Morgan fingerprint density at radius 3 is 2.55 bits per heavy atom. The van der Waals surface area contributed by atoms with Crippen LogP contribution in [0.25, 0.3) is 5.69 Å². The Labute approximate surface area is 184 Å². The van der Waals surface area contributed by atoms with Crippen LogP contribution in [-0.2, 0) is 11.2 Å². The second-order valence-electron chi connectivity index (χ2n) is 7.24. The maximum absolute atomic E-state index is 12.7. The Morgan fingerprint density at radius 1 is 1.03 bits per heavy atom. The SMILES string of the molecule is Cc1cc(C(=O)NNC(=O)Cc2cc(Cl)c3c(c2)OCCO3)c(C)n1-c1ccccc1. The summed E-state index contributed by atoms with van der Waals surface area (Å²) >= 11 is 6.21. The summed E-state index contributed by atoms with van der Waals surface area (Å²) < 4.78 is 13.0. The van der Waals surface area contributed by atoms with Gasteiger partial charge in [-0.2, -0.15) is 0 Å². The van der Waals surface area contributed by atoms with Gasteiger partial charge in [-0.05, 0) is 49.7 Å². The lowest BCUT2D eigenvalue weighted by Crippen LogP contribution is -2.42. The monoisotopic (exact) mass is 439 g/mol. The summed E-state index contributed by atoms with van der Waals surface area (Å²) in [7, 11) is 0. The van der Waals surface area contributed by atoms with Gasteiger partial charge < -0.3 is 14.0 Å². The highest BCUT2D eigenvalue weighted by atomic mass is 35.5. The lowest BCUT2D eigenvalue weighted by Gasteiger charge is -2.20. The minimum Gasteiger partial charge on any atom is -0.486 e. The van der Waals surface area contributed by atoms with Crippen LogP contribution in [0.1, 0.15) is 27.3 Å². The number of amides is 2. The first kappa shape index (κ1) is 20.8. The summed E-state index contributed by atoms with van der Waals surface area (Å²) in [4.78, 5) is 25.0. The van der Waals surface area contributed by atoms with Crippen LogP contribution in [0.15, 0.2) is 48.5 Å². The first-order chi connectivity index (χ1) is 14.9. The summed E-state index contributed by atoms with van der Waals surface area (Å²) in [5.41, 5.74) is 8.77. The molecule has 0 fully saturated rings. The number of ether oxygens (including phenoxy) is 2. The third-order valence-electron chi connectivity index (χ3n) is 5.03. The Kier molecular flexibility index (Phi) is 5.86. The summed E-state index contributed by atoms with van der Waals surface area (Å²) in [5.74, 6) is 0.236. The number of nitrogens with one attached hydrogen (secondary N) is 2. The largest absolute Gasteiger partial charge is 0.486 e. The smallest absolute Gasteiger partial charge is 0.271 e. The molecular formula is C23H22ClN3O4. The van der Waals surface area contributed by atoms with Gasteiger partial charge in [0.25, 0.3) is 5.91 Å². The van der Waals surface area contributed by atoms with E-state index in [1.54, 1.807) is 18.2 Å². The lowest BCUT2D eigenvalue weighted by molar-refractivity contribution is -0.121. The molecule has 0 atom stereocenters. The van der Waals surface area contributed by atoms with E-state index in [-0.39, 0.29) is 18.2 Å². The minimum absolute atomic E-state index is 0.0275. The predicted octanol–water partition coefficient (Wildman–Crippen LogP) is 3.52. The van der Waals surface area contributed by atoms with Crippen molar-refractivity contribution in [1.82, 2.24) is 15.4 Å². The van der Waals surface area contributed by atoms with Crippen molar-refractivity contribution in [3.63, 3.8) is 0 Å². The number of aryl methyl sites for hydroxylation is 1. The van der Waals surface area contributed by atoms with Gasteiger partial charge in [0, 0.05) is 17.1 Å². The molecule has 8 heteroatoms. The zero-order chi connectivity index (χ0) is 22.0. The molecule has 0 saturated heterocycles. The molecule has 2 heterocycles. The molecule has 2 aromatic carbocycles. The number of para-hydroxylation sites is 1. The molecule has 2 N–H and O–H groups in total. The van der Waals surface area contributed by atoms with Crippen LogP contribution in [0.4, 0.5) is 0 Å². The molecule has 160 valence electrons. The van der Waals surface area contributed by atoms with Crippen molar-refractivity contribution < 1.29 is 19.1 Å². The first-order valence-corrected chi connectivity index (χ1v) is 10.2. The van der Waals surface area contributed by atoms with E-state index in [9.17, 15) is 9.59 Å². The van der Waals surface area contributed by atoms with Crippen LogP contribution >= 0.6 is 11.6 Å². The predicted molar refractivity (Wildman–Crippen MR) is 117 cm³/mol. The first-order valence-electron chi connectivity index (χ1n) is 9.85. The van der Waals surface area contributed by atoms with Gasteiger partial charge in [0.15, 0.2) is 11.5 Å². The maximum atomic E-state index is 12.7. The molecule has 0 unspecified atom stereocenters. The molecule has 4 rings (SSSR count). The normalized spacial score (nSPS) is 12.4. The van der Waals surface area contributed by atoms with E-state index < -0.39 is 0 Å². The number of nitrogens with zero attached hydrogens (tertiary/aromatic N) is 1. The molecule has 0 aliphatic carbocycles. The summed E-state index contributed by atoms with van der Waals surface area (Å²) in [6.45, 7) is 4.66. The fourth-order valence-electron chi connectivity index (χ4n) is 3.66. The van der Waals surface area contributed by atoms with Gasteiger partial charge in [-0.3, -0.25) is 20.4 Å². The van der Waals surface area contributed by atoms with Crippen molar-refractivity contribution in [2.45, 2.75) is 20.3 Å². The topological polar surface area (TPSA) is 81.6 Å². The van der Waals surface area contributed by atoms with Gasteiger partial charge in [-0.25, -0.2) is 0 Å². The molecule has 1 aliphatic rings. The zero-order valence-corrected chi connectivity index (χ0v) is 18.0. The minimum atomic E-state index is -0.385. The number of hydrogen-bond donors (Lipinski definition) is 2. The molecule has 0 bridgehead atoms. The number of aromatic nitrogens is 1. The van der Waals surface area contributed by atoms with Gasteiger partial charge in [0.1, 0.15) is 13.2 Å². The number of hydrogen-bond acceptors (Lipinski definition) is 4. The van der Waals surface area contributed by atoms with Gasteiger partial charge in [0.05, 0.1) is 17.0 Å². The fourth-order valence-corrected chi connectivity index (χ4v) is 3.94. The Bertz CT molecular complexity index is 1140. The van der Waals surface area contributed by atoms with Crippen LogP contribution < -0.4 is 20.3 Å². The van der Waals surface area contributed by atoms with Crippen LogP contribution in [-0.4, -0.2) is 29.6 Å². The quantitative estimate of drug-likeness (QED) is 0.609. The molecule has 0 radical (unpaired) electrons. The molecule has 2 amide bonds. The number of fused-ring (bicyclic) bond motifs is 1. The fraction of sp³-hybridized carbons (Fsp3) is 0.217. The van der Waals surface area contributed by atoms with E-state index >= 15 is 0 Å². The third-order valence-corrected chi connectivity index (χ3v) is 5.31. The number of benzene rings is 2. The highest BCUT2D eigenvalue weighted by Crippen LogP contribution is 2.38. The van der Waals surface area contributed by atoms with Crippen molar-refractivity contribution in [3.05, 3.63) is 76.1 Å². The molecule has 0 saturated carbocycles. The van der Waals surface area contributed by atoms with Crippen molar-refractivity contribution in [2.24, 2.45) is 0 Å². The number of halogens is 1. The second-order valence-corrected chi connectivity index (χ2v) is 7.64. The Balaban J connectivity index is 1.41. The average molecular weight is 440 g/mol. The maximum Gasteiger partial charge on any atom is 0.271 e. The van der Waals surface area contributed by atoms with Crippen LogP contribution in [0.5, 0.6) is 11.5 Å². The van der Waals surface area contributed by atoms with E-state index in [2.05, 4.69) is 10.9 Å². The van der Waals surface area contributed by atoms with Crippen molar-refractivity contribution in [3.8, 4) is 17.2 Å². The number of carbonyl (C=O) groups excluding carboxylic acids is 2. The van der Waals surface area contributed by atoms with E-state index in [1.165, 1.54) is 0 Å². The Morgan fingerprint density at radius 2 is 1.77 bits per heavy atom. The molecular weight excluding hydrogens is 418 g/mol. The van der Waals surface area contributed by atoms with Crippen molar-refractivity contribution in [2.75, 3.05) is 13.2 Å². The van der Waals surface area contributed by atoms with Gasteiger partial charge in [-0.1, -0.05) is 29.8 Å². The summed E-state index contributed by atoms with van der Waals surface area (Å²) in [5, 5.41) is 0.386. The number of hydrazine groups is 1. The van der Waals surface area contributed by atoms with Crippen molar-refractivity contribution >= 4 is 23.4 Å². The van der Waals surface area contributed by atoms with E-state index in [1.807, 2.05) is 48.7 Å². The molecule has 31 heavy (non-hydrogen) atoms. The highest BCUT2D eigenvalue weighted by Gasteiger charge is 2.19. The molecule has 0 spiro atoms. The zero-order valence-electron chi connectivity index (χ0n) is 17.2. The van der Waals surface area contributed by atoms with E-state index in [0.717, 1.165) is 17.1 Å². The van der Waals surface area contributed by atoms with Crippen molar-refractivity contribution in [1.29, 1.82) is 0 Å². The Hall–Kier alpha value is -3.45. The second kappa shape index (κ2) is 8.73. The van der Waals surface area contributed by atoms with Gasteiger partial charge >= 0.3 is 0 Å². The lowest BCUT2D eigenvalue weighted by atomic mass is 10.1. The molecule has 1 aromatic heterocycles. The summed E-state index contributed by atoms with van der Waals surface area (Å²) in [6.07, 6.45) is 0.0275. The van der Waals surface area contributed by atoms with Crippen LogP contribution in [0.3, 0.4) is 0 Å². The van der Waals surface area contributed by atoms with E-state index in [4.69, 9.17) is 21.1 Å². The number of rotatable bonds is 4. The molecule has 7 nitrogen and oxygen atoms in total. The third kappa shape index (κ3) is 4.36. The van der Waals surface area contributed by atoms with Crippen LogP contribution in [0.2, 0.25) is 5.02 Å². The molecule has 1 aliphatic heterocycles. The van der Waals surface area contributed by atoms with E-state index in [0.29, 0.717) is 40.9 Å². The number of carbonyl (C=O) groups is 2. The standard InChI is InChI=1S/C23H22ClN3O4/c1-14-10-18(15(2)27(14)17-6-4-3-5-7-17)23(29)26-25-21(28)13-16-11-19(24)22-20(12-16)30-8-9-31-22/h3-7,10-12H,8-9,13H2,1-2H3,(H,25,28)(H,26,29). The van der Waals surface area contributed by atoms with Gasteiger partial charge in [-0.15, -0.1) is 0 Å². The average Bonchev–Trinajstić information content (AvgIpc) is 3.06. The molecule has 3 aromatic rings. The summed E-state index contributed by atoms with van der Waals surface area (Å²) in [6, 6.07) is 14.9. The van der Waals surface area contributed by atoms with Crippen LogP contribution in [0, 0.1) is 13.8 Å².